The summed E-state index contributed by atoms with van der Waals surface area (Å²) in [5.74, 6) is 0. The van der Waals surface area contributed by atoms with E-state index in [1.807, 2.05) is 0 Å². The molecule has 0 saturated carbocycles. The molecule has 6 N–H and O–H groups in total. The van der Waals surface area contributed by atoms with Crippen LogP contribution in [-0.4, -0.2) is 51.0 Å². The van der Waals surface area contributed by atoms with Crippen molar-refractivity contribution in [3.63, 3.8) is 0 Å². The van der Waals surface area contributed by atoms with E-state index in [1.54, 1.807) is 0 Å². The average molecular weight is 211 g/mol. The van der Waals surface area contributed by atoms with E-state index in [2.05, 4.69) is 0 Å². The van der Waals surface area contributed by atoms with Crippen molar-refractivity contribution < 1.29 is 51.7 Å². The van der Waals surface area contributed by atoms with Gasteiger partial charge in [0.15, 0.2) is 0 Å². The Morgan fingerprint density at radius 1 is 0.636 bits per heavy atom. The molecule has 0 fully saturated rings. The number of hydrogen-bond acceptors (Lipinski definition) is 7. The SMILES string of the molecule is OCO.OCO.OCO.[O]=[V]. The van der Waals surface area contributed by atoms with E-state index in [0.717, 1.165) is 17.4 Å². The van der Waals surface area contributed by atoms with Gasteiger partial charge in [0.1, 0.15) is 20.4 Å². The molecule has 0 spiro atoms. The summed E-state index contributed by atoms with van der Waals surface area (Å²) in [6.45, 7) is -2.25. The molecule has 71 valence electrons. The Kier molecular flexibility index (Phi) is 175. The Bertz CT molecular complexity index is 24.9. The first-order valence-corrected chi connectivity index (χ1v) is 2.65. The maximum atomic E-state index is 8.19. The molecule has 0 aromatic carbocycles. The molecule has 0 unspecified atom stereocenters. The van der Waals surface area contributed by atoms with Crippen molar-refractivity contribution in [2.24, 2.45) is 0 Å². The van der Waals surface area contributed by atoms with Gasteiger partial charge in [0.25, 0.3) is 0 Å². The van der Waals surface area contributed by atoms with E-state index in [1.165, 1.54) is 0 Å². The van der Waals surface area contributed by atoms with E-state index in [4.69, 9.17) is 34.3 Å². The van der Waals surface area contributed by atoms with Gasteiger partial charge in [0.2, 0.25) is 0 Å². The van der Waals surface area contributed by atoms with Crippen LogP contribution in [0, 0.1) is 0 Å². The topological polar surface area (TPSA) is 138 Å². The van der Waals surface area contributed by atoms with E-state index < -0.39 is 20.4 Å². The van der Waals surface area contributed by atoms with Gasteiger partial charge in [-0.2, -0.15) is 0 Å². The van der Waals surface area contributed by atoms with Crippen molar-refractivity contribution in [2.45, 2.75) is 0 Å². The van der Waals surface area contributed by atoms with E-state index in [-0.39, 0.29) is 0 Å². The average Bonchev–Trinajstić information content (AvgIpc) is 1.96. The molecule has 0 heterocycles. The van der Waals surface area contributed by atoms with Gasteiger partial charge in [-0.05, 0) is 0 Å². The Balaban J connectivity index is -0.0000000301. The Morgan fingerprint density at radius 3 is 0.636 bits per heavy atom. The van der Waals surface area contributed by atoms with Crippen LogP contribution < -0.4 is 0 Å². The predicted octanol–water partition coefficient (Wildman–Crippen LogP) is -3.34. The molecule has 0 aliphatic carbocycles. The molecule has 0 aliphatic heterocycles. The molecule has 0 rings (SSSR count). The van der Waals surface area contributed by atoms with Crippen LogP contribution in [0.2, 0.25) is 0 Å². The van der Waals surface area contributed by atoms with Gasteiger partial charge < -0.3 is 30.6 Å². The summed E-state index contributed by atoms with van der Waals surface area (Å²) in [4.78, 5) is 0. The third kappa shape index (κ3) is 32300. The third-order valence-electron chi connectivity index (χ3n) is 0. The van der Waals surface area contributed by atoms with Crippen molar-refractivity contribution in [1.82, 2.24) is 0 Å². The fourth-order valence-corrected chi connectivity index (χ4v) is 0. The van der Waals surface area contributed by atoms with Crippen LogP contribution in [0.3, 0.4) is 0 Å². The van der Waals surface area contributed by atoms with E-state index in [0.29, 0.717) is 0 Å². The minimum atomic E-state index is -0.750. The Hall–Kier alpha value is 0.144. The molecule has 0 aliphatic rings. The first-order valence-electron chi connectivity index (χ1n) is 2.08. The number of hydrogen-bond donors (Lipinski definition) is 6. The molecule has 0 aromatic heterocycles. The maximum absolute atomic E-state index is 8.19. The Morgan fingerprint density at radius 2 is 0.636 bits per heavy atom. The van der Waals surface area contributed by atoms with Crippen LogP contribution in [0.15, 0.2) is 0 Å². The molecular weight excluding hydrogens is 199 g/mol. The predicted molar refractivity (Wildman–Crippen MR) is 28.6 cm³/mol. The van der Waals surface area contributed by atoms with Crippen molar-refractivity contribution in [3.05, 3.63) is 0 Å². The summed E-state index contributed by atoms with van der Waals surface area (Å²) in [6, 6.07) is 0. The molecular formula is C3H12O7V. The first-order chi connectivity index (χ1) is 5.24. The van der Waals surface area contributed by atoms with Gasteiger partial charge in [-0.25, -0.2) is 0 Å². The van der Waals surface area contributed by atoms with Crippen LogP contribution in [-0.2, 0) is 21.0 Å². The van der Waals surface area contributed by atoms with Crippen LogP contribution in [0.5, 0.6) is 0 Å². The quantitative estimate of drug-likeness (QED) is 0.230. The second kappa shape index (κ2) is 85.8. The molecule has 0 bridgehead atoms. The summed E-state index contributed by atoms with van der Waals surface area (Å²) in [6.07, 6.45) is 0. The molecule has 7 nitrogen and oxygen atoms in total. The zero-order valence-corrected chi connectivity index (χ0v) is 7.06. The second-order valence-electron chi connectivity index (χ2n) is 0.424. The van der Waals surface area contributed by atoms with Gasteiger partial charge in [0, 0.05) is 0 Å². The van der Waals surface area contributed by atoms with Crippen molar-refractivity contribution in [1.29, 1.82) is 0 Å². The summed E-state index contributed by atoms with van der Waals surface area (Å²) in [5.41, 5.74) is 0. The van der Waals surface area contributed by atoms with Gasteiger partial charge in [0.05, 0.1) is 0 Å². The van der Waals surface area contributed by atoms with Crippen LogP contribution in [0.1, 0.15) is 0 Å². The van der Waals surface area contributed by atoms with Crippen molar-refractivity contribution in [2.75, 3.05) is 20.4 Å². The van der Waals surface area contributed by atoms with Crippen molar-refractivity contribution in [3.8, 4) is 0 Å². The third-order valence-corrected chi connectivity index (χ3v) is 0. The summed E-state index contributed by atoms with van der Waals surface area (Å²) in [7, 11) is 0. The standard InChI is InChI=1S/3CH4O2.O.V/c3*2-1-3;;/h3*2-3H,1H2;;. The molecule has 0 atom stereocenters. The zero-order valence-electron chi connectivity index (χ0n) is 5.66. The van der Waals surface area contributed by atoms with Gasteiger partial charge in [-0.15, -0.1) is 0 Å². The fourth-order valence-electron chi connectivity index (χ4n) is 0. The molecule has 0 radical (unpaired) electrons. The van der Waals surface area contributed by atoms with Gasteiger partial charge >= 0.3 is 21.0 Å². The van der Waals surface area contributed by atoms with E-state index in [9.17, 15) is 0 Å². The van der Waals surface area contributed by atoms with Gasteiger partial charge in [-0.3, -0.25) is 0 Å². The zero-order chi connectivity index (χ0) is 10.1. The first kappa shape index (κ1) is 22.5. The second-order valence-corrected chi connectivity index (χ2v) is 0.424. The number of aliphatic hydroxyl groups is 6. The summed E-state index contributed by atoms with van der Waals surface area (Å²) >= 11 is 1.06. The monoisotopic (exact) mass is 211 g/mol. The summed E-state index contributed by atoms with van der Waals surface area (Å²) in [5, 5.41) is 42.8. The number of rotatable bonds is 0. The molecule has 0 saturated heterocycles. The van der Waals surface area contributed by atoms with Crippen LogP contribution >= 0.6 is 0 Å². The molecule has 0 amide bonds. The normalized spacial score (nSPS) is 5.18. The van der Waals surface area contributed by atoms with Crippen LogP contribution in [0.4, 0.5) is 0 Å². The molecule has 0 aromatic rings. The number of aliphatic hydroxyl groups excluding tert-OH is 3. The van der Waals surface area contributed by atoms with Crippen LogP contribution in [0.25, 0.3) is 0 Å². The fraction of sp³-hybridized carbons (Fsp3) is 1.00. The molecule has 8 heteroatoms. The minimum absolute atomic E-state index is 0.750. The van der Waals surface area contributed by atoms with E-state index >= 15 is 0 Å². The summed E-state index contributed by atoms with van der Waals surface area (Å²) < 4.78 is 8.19. The Labute approximate surface area is 72.7 Å². The molecule has 11 heavy (non-hydrogen) atoms. The van der Waals surface area contributed by atoms with Crippen molar-refractivity contribution >= 4 is 0 Å². The van der Waals surface area contributed by atoms with Gasteiger partial charge in [-0.1, -0.05) is 0 Å².